The van der Waals surface area contributed by atoms with Gasteiger partial charge in [0, 0.05) is 13.1 Å². The number of likely N-dealkylation sites (tertiary alicyclic amines) is 1. The van der Waals surface area contributed by atoms with Gasteiger partial charge < -0.3 is 30.1 Å². The van der Waals surface area contributed by atoms with Gasteiger partial charge in [-0.1, -0.05) is 36.4 Å². The summed E-state index contributed by atoms with van der Waals surface area (Å²) in [6.45, 7) is 1.67. The van der Waals surface area contributed by atoms with E-state index in [-0.39, 0.29) is 31.0 Å². The maximum Gasteiger partial charge on any atom is 0.417 e. The maximum atomic E-state index is 13.6. The van der Waals surface area contributed by atoms with Gasteiger partial charge in [-0.15, -0.1) is 0 Å². The predicted octanol–water partition coefficient (Wildman–Crippen LogP) is 3.14. The quantitative estimate of drug-likeness (QED) is 0.358. The molecule has 3 atom stereocenters. The molecule has 2 amide bonds. The van der Waals surface area contributed by atoms with Crippen LogP contribution in [0.15, 0.2) is 54.3 Å². The minimum absolute atomic E-state index is 0.0152. The number of allylic oxidation sites excluding steroid dienone is 3. The van der Waals surface area contributed by atoms with Crippen LogP contribution in [0.2, 0.25) is 0 Å². The zero-order valence-electron chi connectivity index (χ0n) is 20.7. The van der Waals surface area contributed by atoms with E-state index in [4.69, 9.17) is 9.47 Å². The molecule has 2 saturated heterocycles. The van der Waals surface area contributed by atoms with Gasteiger partial charge in [-0.25, -0.2) is 14.4 Å². The van der Waals surface area contributed by atoms with Crippen LogP contribution >= 0.6 is 0 Å². The second-order valence-electron chi connectivity index (χ2n) is 9.68. The first-order valence-electron chi connectivity index (χ1n) is 12.7. The van der Waals surface area contributed by atoms with Gasteiger partial charge in [-0.2, -0.15) is 0 Å². The first-order chi connectivity index (χ1) is 17.9. The third-order valence-electron chi connectivity index (χ3n) is 7.03. The molecular weight excluding hydrogens is 478 g/mol. The molecule has 1 unspecified atom stereocenters. The number of esters is 1. The second-order valence-corrected chi connectivity index (χ2v) is 9.68. The molecule has 1 aromatic carbocycles. The van der Waals surface area contributed by atoms with Crippen molar-refractivity contribution in [2.24, 2.45) is 5.41 Å². The molecule has 4 rings (SSSR count). The number of aliphatic hydroxyl groups excluding tert-OH is 1. The van der Waals surface area contributed by atoms with Crippen molar-refractivity contribution in [3.05, 3.63) is 59.9 Å². The number of Topliss-reactive ketones (excluding diaryl/α,β-unsaturated/α-hetero) is 1. The minimum Gasteiger partial charge on any atom is -0.508 e. The Morgan fingerprint density at radius 1 is 1.14 bits per heavy atom. The van der Waals surface area contributed by atoms with Crippen molar-refractivity contribution in [1.82, 2.24) is 15.5 Å². The van der Waals surface area contributed by atoms with Crippen LogP contribution in [0.4, 0.5) is 9.59 Å². The molecule has 2 aliphatic heterocycles. The van der Waals surface area contributed by atoms with Gasteiger partial charge in [0.05, 0.1) is 11.5 Å². The van der Waals surface area contributed by atoms with Gasteiger partial charge in [0.25, 0.3) is 0 Å². The number of alkyl carbamates (subject to hydrolysis) is 1. The Morgan fingerprint density at radius 3 is 2.54 bits per heavy atom. The molecule has 198 valence electrons. The summed E-state index contributed by atoms with van der Waals surface area (Å²) in [4.78, 5) is 53.5. The number of aliphatic hydroxyl groups is 1. The lowest BCUT2D eigenvalue weighted by atomic mass is 9.70. The van der Waals surface area contributed by atoms with Crippen LogP contribution in [0.1, 0.15) is 44.1 Å². The molecule has 10 heteroatoms. The SMILES string of the molecule is O=C(N[C@@H](CC1(C(=O)[C@@H]2CCCN2)C=CC(O)=CC1)C(=O)OC(=O)N1CCCC1)OCc1ccccc1. The van der Waals surface area contributed by atoms with Gasteiger partial charge >= 0.3 is 18.2 Å². The molecule has 10 nitrogen and oxygen atoms in total. The number of nitrogens with zero attached hydrogens (tertiary/aromatic N) is 1. The van der Waals surface area contributed by atoms with Crippen LogP contribution in [-0.2, 0) is 25.7 Å². The molecule has 1 aliphatic carbocycles. The zero-order chi connectivity index (χ0) is 26.3. The lowest BCUT2D eigenvalue weighted by Crippen LogP contribution is -2.51. The van der Waals surface area contributed by atoms with E-state index in [1.165, 1.54) is 17.1 Å². The van der Waals surface area contributed by atoms with Crippen LogP contribution in [-0.4, -0.2) is 65.7 Å². The number of amides is 2. The Bertz CT molecular complexity index is 1060. The largest absolute Gasteiger partial charge is 0.508 e. The first-order valence-corrected chi connectivity index (χ1v) is 12.7. The van der Waals surface area contributed by atoms with Gasteiger partial charge in [-0.05, 0) is 62.8 Å². The molecule has 0 aromatic heterocycles. The lowest BCUT2D eigenvalue weighted by molar-refractivity contribution is -0.142. The molecule has 2 heterocycles. The number of benzene rings is 1. The smallest absolute Gasteiger partial charge is 0.417 e. The Hall–Kier alpha value is -3.66. The molecule has 0 bridgehead atoms. The van der Waals surface area contributed by atoms with E-state index >= 15 is 0 Å². The number of hydrogen-bond acceptors (Lipinski definition) is 8. The molecule has 37 heavy (non-hydrogen) atoms. The zero-order valence-corrected chi connectivity index (χ0v) is 20.7. The monoisotopic (exact) mass is 511 g/mol. The number of ether oxygens (including phenoxy) is 2. The fourth-order valence-electron chi connectivity index (χ4n) is 4.94. The van der Waals surface area contributed by atoms with Gasteiger partial charge in [-0.3, -0.25) is 4.79 Å². The van der Waals surface area contributed by atoms with E-state index in [9.17, 15) is 24.3 Å². The first kappa shape index (κ1) is 26.4. The number of carbonyl (C=O) groups is 4. The Labute approximate surface area is 215 Å². The number of nitrogens with one attached hydrogen (secondary N) is 2. The van der Waals surface area contributed by atoms with Crippen LogP contribution < -0.4 is 10.6 Å². The number of hydrogen-bond donors (Lipinski definition) is 3. The summed E-state index contributed by atoms with van der Waals surface area (Å²) in [7, 11) is 0. The highest BCUT2D eigenvalue weighted by Gasteiger charge is 2.45. The summed E-state index contributed by atoms with van der Waals surface area (Å²) in [6, 6.07) is 7.30. The average Bonchev–Trinajstić information content (AvgIpc) is 3.64. The highest BCUT2D eigenvalue weighted by atomic mass is 16.6. The molecule has 0 saturated carbocycles. The van der Waals surface area contributed by atoms with Gasteiger partial charge in [0.1, 0.15) is 18.4 Å². The van der Waals surface area contributed by atoms with E-state index in [0.29, 0.717) is 26.1 Å². The summed E-state index contributed by atoms with van der Waals surface area (Å²) < 4.78 is 10.4. The van der Waals surface area contributed by atoms with Crippen molar-refractivity contribution in [1.29, 1.82) is 0 Å². The minimum atomic E-state index is -1.33. The molecule has 3 aliphatic rings. The van der Waals surface area contributed by atoms with Crippen molar-refractivity contribution in [3.8, 4) is 0 Å². The number of rotatable bonds is 8. The van der Waals surface area contributed by atoms with E-state index in [0.717, 1.165) is 24.8 Å². The van der Waals surface area contributed by atoms with Crippen LogP contribution in [0.25, 0.3) is 0 Å². The van der Waals surface area contributed by atoms with Crippen LogP contribution in [0.5, 0.6) is 0 Å². The third kappa shape index (κ3) is 6.76. The van der Waals surface area contributed by atoms with Crippen LogP contribution in [0, 0.1) is 5.41 Å². The topological polar surface area (TPSA) is 134 Å². The predicted molar refractivity (Wildman–Crippen MR) is 133 cm³/mol. The van der Waals surface area contributed by atoms with Gasteiger partial charge in [0.15, 0.2) is 5.78 Å². The van der Waals surface area contributed by atoms with Crippen LogP contribution in [0.3, 0.4) is 0 Å². The van der Waals surface area contributed by atoms with Crippen molar-refractivity contribution in [2.45, 2.75) is 57.2 Å². The van der Waals surface area contributed by atoms with E-state index < -0.39 is 35.7 Å². The third-order valence-corrected chi connectivity index (χ3v) is 7.03. The maximum absolute atomic E-state index is 13.6. The molecular formula is C27H33N3O7. The summed E-state index contributed by atoms with van der Waals surface area (Å²) >= 11 is 0. The molecule has 0 spiro atoms. The fraction of sp³-hybridized carbons (Fsp3) is 0.481. The van der Waals surface area contributed by atoms with E-state index in [1.54, 1.807) is 18.2 Å². The lowest BCUT2D eigenvalue weighted by Gasteiger charge is -2.35. The number of carbonyl (C=O) groups excluding carboxylic acids is 4. The molecule has 2 fully saturated rings. The highest BCUT2D eigenvalue weighted by Crippen LogP contribution is 2.38. The van der Waals surface area contributed by atoms with Gasteiger partial charge in [0.2, 0.25) is 0 Å². The Kier molecular flexibility index (Phi) is 8.60. The van der Waals surface area contributed by atoms with E-state index in [1.807, 2.05) is 18.2 Å². The van der Waals surface area contributed by atoms with Crippen molar-refractivity contribution >= 4 is 23.9 Å². The second kappa shape index (κ2) is 12.1. The molecule has 1 aromatic rings. The summed E-state index contributed by atoms with van der Waals surface area (Å²) in [5, 5.41) is 15.6. The Balaban J connectivity index is 1.52. The standard InChI is InChI=1S/C27H33N3O7/c31-20-10-12-27(13-11-20,23(32)21-9-6-14-28-21)17-22(24(33)37-26(35)30-15-4-5-16-30)29-25(34)36-18-19-7-2-1-3-8-19/h1-3,7-8,10-12,21-22,28,31H,4-6,9,13-18H2,(H,29,34)/t21-,22-,27?/m0/s1. The molecule has 3 N–H and O–H groups in total. The Morgan fingerprint density at radius 2 is 1.89 bits per heavy atom. The summed E-state index contributed by atoms with van der Waals surface area (Å²) in [5.74, 6) is -1.10. The fourth-order valence-corrected chi connectivity index (χ4v) is 4.94. The highest BCUT2D eigenvalue weighted by molar-refractivity contribution is 5.94. The molecule has 0 radical (unpaired) electrons. The van der Waals surface area contributed by atoms with Crippen molar-refractivity contribution in [2.75, 3.05) is 19.6 Å². The normalized spacial score (nSPS) is 23.7. The number of ketones is 1. The van der Waals surface area contributed by atoms with E-state index in [2.05, 4.69) is 10.6 Å². The average molecular weight is 512 g/mol. The summed E-state index contributed by atoms with van der Waals surface area (Å²) in [5.41, 5.74) is -0.433. The van der Waals surface area contributed by atoms with Crippen molar-refractivity contribution in [3.63, 3.8) is 0 Å². The van der Waals surface area contributed by atoms with Crippen molar-refractivity contribution < 1.29 is 33.8 Å². The summed E-state index contributed by atoms with van der Waals surface area (Å²) in [6.07, 6.45) is 5.97.